The Morgan fingerprint density at radius 1 is 0.571 bits per heavy atom. The topological polar surface area (TPSA) is 0 Å². The maximum absolute atomic E-state index is 12.3. The highest BCUT2D eigenvalue weighted by Crippen LogP contribution is 2.58. The molecule has 0 aromatic heterocycles. The molecule has 0 fully saturated rings. The normalized spacial score (nSPS) is 13.4. The lowest BCUT2D eigenvalue weighted by atomic mass is 10.1. The van der Waals surface area contributed by atoms with Crippen LogP contribution in [0.1, 0.15) is 0 Å². The van der Waals surface area contributed by atoms with Crippen molar-refractivity contribution in [3.05, 3.63) is 60.7 Å². The molecule has 0 aliphatic carbocycles. The third kappa shape index (κ3) is 5.37. The molecule has 0 aliphatic rings. The van der Waals surface area contributed by atoms with Gasteiger partial charge in [0.2, 0.25) is 0 Å². The fraction of sp³-hybridized carbons (Fsp3) is 0.294. The summed E-state index contributed by atoms with van der Waals surface area (Å²) in [5.74, 6) is -13.6. The van der Waals surface area contributed by atoms with Crippen LogP contribution in [0.4, 0.5) is 43.9 Å². The molecule has 11 heteroatoms. The molecule has 1 unspecified atom stereocenters. The summed E-state index contributed by atoms with van der Waals surface area (Å²) in [4.78, 5) is 0. The van der Waals surface area contributed by atoms with E-state index in [0.717, 1.165) is 0 Å². The number of benzene rings is 2. The standard InChI is InChI=1S/C12H10.C5H3F10P/c1-3-7-11(8-4-1)12-9-5-2-6-10-12;6-1-16-5(14,15)3(9,10)2(7,8)4(11,12)13/h1-10H;16H,1H2. The van der Waals surface area contributed by atoms with Crippen LogP contribution in [0.3, 0.4) is 0 Å². The lowest BCUT2D eigenvalue weighted by Crippen LogP contribution is -2.59. The highest BCUT2D eigenvalue weighted by molar-refractivity contribution is 7.39. The molecule has 0 heterocycles. The van der Waals surface area contributed by atoms with E-state index in [1.165, 1.54) is 11.1 Å². The van der Waals surface area contributed by atoms with Gasteiger partial charge in [0.15, 0.2) is 0 Å². The summed E-state index contributed by atoms with van der Waals surface area (Å²) in [6.07, 6.45) is -8.97. The van der Waals surface area contributed by atoms with Crippen LogP contribution in [-0.2, 0) is 0 Å². The van der Waals surface area contributed by atoms with Crippen molar-refractivity contribution in [2.45, 2.75) is 23.7 Å². The van der Waals surface area contributed by atoms with Crippen molar-refractivity contribution in [2.24, 2.45) is 0 Å². The largest absolute Gasteiger partial charge is 0.460 e. The summed E-state index contributed by atoms with van der Waals surface area (Å²) < 4.78 is 119. The molecule has 0 spiro atoms. The van der Waals surface area contributed by atoms with Gasteiger partial charge < -0.3 is 0 Å². The molecular weight excluding hydrogens is 425 g/mol. The van der Waals surface area contributed by atoms with E-state index in [2.05, 4.69) is 48.5 Å². The molecule has 0 nitrogen and oxygen atoms in total. The predicted molar refractivity (Wildman–Crippen MR) is 87.1 cm³/mol. The second kappa shape index (κ2) is 9.11. The molecule has 156 valence electrons. The van der Waals surface area contributed by atoms with E-state index < -0.39 is 38.7 Å². The second-order valence-corrected chi connectivity index (χ2v) is 6.51. The lowest BCUT2D eigenvalue weighted by molar-refractivity contribution is -0.381. The Kier molecular flexibility index (Phi) is 7.88. The predicted octanol–water partition coefficient (Wildman–Crippen LogP) is 7.37. The van der Waals surface area contributed by atoms with Crippen molar-refractivity contribution in [3.63, 3.8) is 0 Å². The Hall–Kier alpha value is -1.83. The fourth-order valence-electron chi connectivity index (χ4n) is 1.83. The van der Waals surface area contributed by atoms with Gasteiger partial charge in [-0.3, -0.25) is 0 Å². The number of rotatable bonds is 5. The van der Waals surface area contributed by atoms with Gasteiger partial charge in [-0.15, -0.1) is 0 Å². The van der Waals surface area contributed by atoms with Gasteiger partial charge in [0, 0.05) is 0 Å². The first kappa shape index (κ1) is 24.2. The van der Waals surface area contributed by atoms with Crippen LogP contribution in [-0.4, -0.2) is 30.1 Å². The number of hydrogen-bond acceptors (Lipinski definition) is 0. The molecule has 2 aromatic carbocycles. The summed E-state index contributed by atoms with van der Waals surface area (Å²) >= 11 is 0. The molecule has 28 heavy (non-hydrogen) atoms. The summed E-state index contributed by atoms with van der Waals surface area (Å²) in [7, 11) is -2.68. The van der Waals surface area contributed by atoms with Crippen molar-refractivity contribution < 1.29 is 43.9 Å². The minimum atomic E-state index is -6.92. The molecule has 0 saturated heterocycles. The summed E-state index contributed by atoms with van der Waals surface area (Å²) in [5.41, 5.74) is -3.21. The van der Waals surface area contributed by atoms with Crippen LogP contribution < -0.4 is 0 Å². The zero-order valence-corrected chi connectivity index (χ0v) is 14.8. The van der Waals surface area contributed by atoms with Gasteiger partial charge >= 0.3 is 23.7 Å². The molecule has 0 aliphatic heterocycles. The number of alkyl halides is 10. The van der Waals surface area contributed by atoms with Crippen LogP contribution in [0, 0.1) is 0 Å². The van der Waals surface area contributed by atoms with Crippen LogP contribution in [0.5, 0.6) is 0 Å². The van der Waals surface area contributed by atoms with Crippen LogP contribution in [0.2, 0.25) is 0 Å². The fourth-order valence-corrected chi connectivity index (χ4v) is 2.38. The highest BCUT2D eigenvalue weighted by Gasteiger charge is 2.81. The van der Waals surface area contributed by atoms with Crippen LogP contribution >= 0.6 is 8.58 Å². The van der Waals surface area contributed by atoms with Crippen molar-refractivity contribution >= 4 is 8.58 Å². The molecule has 2 rings (SSSR count). The number of halogens is 10. The van der Waals surface area contributed by atoms with Gasteiger partial charge in [-0.1, -0.05) is 60.7 Å². The van der Waals surface area contributed by atoms with Gasteiger partial charge in [0.1, 0.15) is 6.42 Å². The average Bonchev–Trinajstić information content (AvgIpc) is 2.62. The second-order valence-electron chi connectivity index (χ2n) is 5.26. The summed E-state index contributed by atoms with van der Waals surface area (Å²) in [6, 6.07) is 20.8. The van der Waals surface area contributed by atoms with Crippen LogP contribution in [0.25, 0.3) is 11.1 Å². The Balaban J connectivity index is 0.000000289. The van der Waals surface area contributed by atoms with Gasteiger partial charge in [-0.05, 0) is 19.7 Å². The van der Waals surface area contributed by atoms with Crippen molar-refractivity contribution in [1.82, 2.24) is 0 Å². The third-order valence-corrected chi connectivity index (χ3v) is 4.21. The lowest BCUT2D eigenvalue weighted by Gasteiger charge is -2.33. The van der Waals surface area contributed by atoms with E-state index in [0.29, 0.717) is 0 Å². The molecule has 0 bridgehead atoms. The minimum absolute atomic E-state index is 1.28. The first-order chi connectivity index (χ1) is 12.8. The zero-order valence-electron chi connectivity index (χ0n) is 13.8. The van der Waals surface area contributed by atoms with Crippen LogP contribution in [0.15, 0.2) is 60.7 Å². The number of hydrogen-bond donors (Lipinski definition) is 0. The van der Waals surface area contributed by atoms with Crippen molar-refractivity contribution in [2.75, 3.05) is 6.42 Å². The van der Waals surface area contributed by atoms with Gasteiger partial charge in [0.05, 0.1) is 0 Å². The van der Waals surface area contributed by atoms with E-state index in [9.17, 15) is 43.9 Å². The molecule has 0 radical (unpaired) electrons. The van der Waals surface area contributed by atoms with Gasteiger partial charge in [-0.25, -0.2) is 4.39 Å². The SMILES string of the molecule is FCPC(F)(F)C(F)(F)C(F)(F)C(F)(F)F.c1ccc(-c2ccccc2)cc1. The Morgan fingerprint density at radius 3 is 1.21 bits per heavy atom. The molecule has 0 amide bonds. The first-order valence-electron chi connectivity index (χ1n) is 7.39. The molecule has 0 saturated carbocycles. The van der Waals surface area contributed by atoms with E-state index in [1.807, 2.05) is 12.1 Å². The van der Waals surface area contributed by atoms with Gasteiger partial charge in [0.25, 0.3) is 0 Å². The van der Waals surface area contributed by atoms with Crippen molar-refractivity contribution in [1.29, 1.82) is 0 Å². The summed E-state index contributed by atoms with van der Waals surface area (Å²) in [5, 5.41) is 0. The van der Waals surface area contributed by atoms with E-state index in [4.69, 9.17) is 0 Å². The quantitative estimate of drug-likeness (QED) is 0.338. The average molecular weight is 438 g/mol. The Morgan fingerprint density at radius 2 is 0.929 bits per heavy atom. The maximum Gasteiger partial charge on any atom is 0.460 e. The first-order valence-corrected chi connectivity index (χ1v) is 8.60. The molecule has 0 N–H and O–H groups in total. The van der Waals surface area contributed by atoms with Gasteiger partial charge in [-0.2, -0.15) is 39.5 Å². The Labute approximate surface area is 155 Å². The zero-order chi connectivity index (χ0) is 21.6. The van der Waals surface area contributed by atoms with E-state index >= 15 is 0 Å². The van der Waals surface area contributed by atoms with Crippen molar-refractivity contribution in [3.8, 4) is 11.1 Å². The van der Waals surface area contributed by atoms with E-state index in [-0.39, 0.29) is 0 Å². The monoisotopic (exact) mass is 438 g/mol. The molecule has 1 atom stereocenters. The smallest absolute Gasteiger partial charge is 0.246 e. The third-order valence-electron chi connectivity index (χ3n) is 3.31. The maximum atomic E-state index is 12.3. The Bertz CT molecular complexity index is 676. The molecular formula is C17H13F10P. The molecule has 2 aromatic rings. The van der Waals surface area contributed by atoms with E-state index in [1.54, 1.807) is 0 Å². The highest BCUT2D eigenvalue weighted by atomic mass is 31.1. The minimum Gasteiger partial charge on any atom is -0.246 e. The summed E-state index contributed by atoms with van der Waals surface area (Å²) in [6.45, 7) is 0.